The number of aromatic nitrogens is 3. The van der Waals surface area contributed by atoms with Crippen molar-refractivity contribution in [3.05, 3.63) is 102 Å². The number of hydrogen-bond acceptors (Lipinski definition) is 5. The maximum Gasteiger partial charge on any atom is 0.256 e. The number of imidazole rings is 1. The van der Waals surface area contributed by atoms with Crippen molar-refractivity contribution in [1.29, 1.82) is 0 Å². The predicted octanol–water partition coefficient (Wildman–Crippen LogP) is 6.55. The molecule has 7 heteroatoms. The number of hydrogen-bond donors (Lipinski definition) is 2. The van der Waals surface area contributed by atoms with E-state index in [1.807, 2.05) is 66.9 Å². The summed E-state index contributed by atoms with van der Waals surface area (Å²) in [5.74, 6) is -0.0851. The van der Waals surface area contributed by atoms with E-state index in [1.165, 1.54) is 11.8 Å². The van der Waals surface area contributed by atoms with Crippen LogP contribution in [0.5, 0.6) is 0 Å². The summed E-state index contributed by atoms with van der Waals surface area (Å²) in [4.78, 5) is 39.3. The van der Waals surface area contributed by atoms with Crippen LogP contribution in [0, 0.1) is 0 Å². The minimum atomic E-state index is -0.151. The number of nitrogens with zero attached hydrogens (tertiary/aromatic N) is 2. The molecule has 3 aromatic carbocycles. The van der Waals surface area contributed by atoms with E-state index < -0.39 is 0 Å². The van der Waals surface area contributed by atoms with Gasteiger partial charge in [-0.2, -0.15) is 0 Å². The van der Waals surface area contributed by atoms with Gasteiger partial charge in [0.1, 0.15) is 0 Å². The molecule has 0 saturated carbocycles. The van der Waals surface area contributed by atoms with Crippen molar-refractivity contribution in [3.63, 3.8) is 0 Å². The molecule has 0 spiro atoms. The molecule has 3 heterocycles. The number of benzene rings is 3. The number of aryl methyl sites for hydroxylation is 1. The number of carbonyl (C=O) groups is 2. The molecule has 1 aliphatic heterocycles. The molecule has 0 aliphatic carbocycles. The summed E-state index contributed by atoms with van der Waals surface area (Å²) in [5, 5.41) is 2.96. The molecule has 5 aromatic rings. The van der Waals surface area contributed by atoms with Crippen LogP contribution < -0.4 is 5.32 Å². The zero-order valence-corrected chi connectivity index (χ0v) is 20.1. The number of anilines is 1. The molecule has 0 bridgehead atoms. The highest BCUT2D eigenvalue weighted by Gasteiger charge is 2.20. The molecule has 0 radical (unpaired) electrons. The lowest BCUT2D eigenvalue weighted by atomic mass is 10.0. The number of ketones is 1. The van der Waals surface area contributed by atoms with Crippen LogP contribution in [0.1, 0.15) is 39.1 Å². The van der Waals surface area contributed by atoms with Crippen LogP contribution in [0.2, 0.25) is 0 Å². The summed E-state index contributed by atoms with van der Waals surface area (Å²) in [7, 11) is 0. The van der Waals surface area contributed by atoms with Gasteiger partial charge in [-0.1, -0.05) is 42.1 Å². The Labute approximate surface area is 212 Å². The second-order valence-corrected chi connectivity index (χ2v) is 9.81. The third-order valence-corrected chi connectivity index (χ3v) is 7.46. The van der Waals surface area contributed by atoms with E-state index >= 15 is 0 Å². The molecule has 2 aromatic heterocycles. The lowest BCUT2D eigenvalue weighted by molar-refractivity contribution is 0.0977. The molecular weight excluding hydrogens is 468 g/mol. The van der Waals surface area contributed by atoms with Crippen LogP contribution in [-0.2, 0) is 6.42 Å². The Kier molecular flexibility index (Phi) is 5.83. The Hall–Kier alpha value is -4.23. The molecule has 0 unspecified atom stereocenters. The maximum absolute atomic E-state index is 12.9. The Bertz CT molecular complexity index is 1610. The monoisotopic (exact) mass is 490 g/mol. The Morgan fingerprint density at radius 1 is 0.917 bits per heavy atom. The number of carbonyl (C=O) groups excluding carboxylic acids is 2. The highest BCUT2D eigenvalue weighted by atomic mass is 32.2. The lowest BCUT2D eigenvalue weighted by Gasteiger charge is -2.09. The highest BCUT2D eigenvalue weighted by Crippen LogP contribution is 2.39. The van der Waals surface area contributed by atoms with Gasteiger partial charge in [0.05, 0.1) is 34.3 Å². The van der Waals surface area contributed by atoms with Gasteiger partial charge in [0, 0.05) is 33.5 Å². The van der Waals surface area contributed by atoms with Crippen molar-refractivity contribution in [1.82, 2.24) is 15.0 Å². The SMILES string of the molecule is O=C(CCCc1ccc(-c2ccc3nc[nH]c3c2)nc1)c1ccc2c(c1)NC(=O)c1ccccc1S2. The smallest absolute Gasteiger partial charge is 0.256 e. The summed E-state index contributed by atoms with van der Waals surface area (Å²) in [5.41, 5.74) is 6.88. The third kappa shape index (κ3) is 4.41. The number of nitrogens with one attached hydrogen (secondary N) is 2. The van der Waals surface area contributed by atoms with Crippen LogP contribution in [-0.4, -0.2) is 26.6 Å². The van der Waals surface area contributed by atoms with Gasteiger partial charge in [-0.3, -0.25) is 14.6 Å². The minimum Gasteiger partial charge on any atom is -0.345 e. The minimum absolute atomic E-state index is 0.0660. The Morgan fingerprint density at radius 2 is 1.83 bits per heavy atom. The van der Waals surface area contributed by atoms with Gasteiger partial charge in [0.15, 0.2) is 5.78 Å². The largest absolute Gasteiger partial charge is 0.345 e. The molecule has 36 heavy (non-hydrogen) atoms. The van der Waals surface area contributed by atoms with Gasteiger partial charge < -0.3 is 10.3 Å². The zero-order chi connectivity index (χ0) is 24.5. The third-order valence-electron chi connectivity index (χ3n) is 6.31. The molecule has 1 aliphatic rings. The van der Waals surface area contributed by atoms with Crippen LogP contribution >= 0.6 is 11.8 Å². The van der Waals surface area contributed by atoms with E-state index in [-0.39, 0.29) is 11.7 Å². The van der Waals surface area contributed by atoms with Crippen LogP contribution in [0.25, 0.3) is 22.3 Å². The van der Waals surface area contributed by atoms with E-state index in [0.29, 0.717) is 23.2 Å². The van der Waals surface area contributed by atoms with Crippen molar-refractivity contribution < 1.29 is 9.59 Å². The summed E-state index contributed by atoms with van der Waals surface area (Å²) in [6.45, 7) is 0. The fourth-order valence-electron chi connectivity index (χ4n) is 4.38. The zero-order valence-electron chi connectivity index (χ0n) is 19.3. The van der Waals surface area contributed by atoms with Crippen molar-refractivity contribution in [2.24, 2.45) is 0 Å². The first-order chi connectivity index (χ1) is 17.6. The van der Waals surface area contributed by atoms with E-state index in [1.54, 1.807) is 12.4 Å². The van der Waals surface area contributed by atoms with E-state index in [2.05, 4.69) is 26.3 Å². The quantitative estimate of drug-likeness (QED) is 0.264. The second kappa shape index (κ2) is 9.43. The number of H-pyrrole nitrogens is 1. The van der Waals surface area contributed by atoms with Crippen molar-refractivity contribution >= 4 is 40.2 Å². The molecule has 0 atom stereocenters. The second-order valence-electron chi connectivity index (χ2n) is 8.73. The average molecular weight is 491 g/mol. The van der Waals surface area contributed by atoms with Crippen LogP contribution in [0.15, 0.2) is 95.1 Å². The fourth-order valence-corrected chi connectivity index (χ4v) is 5.39. The maximum atomic E-state index is 12.9. The predicted molar refractivity (Wildman–Crippen MR) is 142 cm³/mol. The van der Waals surface area contributed by atoms with Gasteiger partial charge in [0.25, 0.3) is 5.91 Å². The average Bonchev–Trinajstić information content (AvgIpc) is 3.33. The number of Topliss-reactive ketones (excluding diaryl/α,β-unsaturated/α-hetero) is 1. The fraction of sp³-hybridized carbons (Fsp3) is 0.103. The molecular formula is C29H22N4O2S. The number of pyridine rings is 1. The van der Waals surface area contributed by atoms with E-state index in [0.717, 1.165) is 50.5 Å². The number of rotatable bonds is 6. The van der Waals surface area contributed by atoms with Gasteiger partial charge in [0.2, 0.25) is 0 Å². The van der Waals surface area contributed by atoms with Gasteiger partial charge >= 0.3 is 0 Å². The molecule has 2 N–H and O–H groups in total. The normalized spacial score (nSPS) is 12.5. The topological polar surface area (TPSA) is 87.7 Å². The molecule has 1 amide bonds. The van der Waals surface area contributed by atoms with Crippen LogP contribution in [0.3, 0.4) is 0 Å². The van der Waals surface area contributed by atoms with E-state index in [4.69, 9.17) is 0 Å². The van der Waals surface area contributed by atoms with Crippen molar-refractivity contribution in [3.8, 4) is 11.3 Å². The van der Waals surface area contributed by atoms with Crippen LogP contribution in [0.4, 0.5) is 5.69 Å². The summed E-state index contributed by atoms with van der Waals surface area (Å²) >= 11 is 1.54. The van der Waals surface area contributed by atoms with Crippen molar-refractivity contribution in [2.75, 3.05) is 5.32 Å². The first kappa shape index (κ1) is 22.2. The Balaban J connectivity index is 1.09. The summed E-state index contributed by atoms with van der Waals surface area (Å²) in [6, 6.07) is 23.2. The summed E-state index contributed by atoms with van der Waals surface area (Å²) < 4.78 is 0. The highest BCUT2D eigenvalue weighted by molar-refractivity contribution is 7.99. The van der Waals surface area contributed by atoms with Crippen molar-refractivity contribution in [2.45, 2.75) is 29.1 Å². The Morgan fingerprint density at radius 3 is 2.72 bits per heavy atom. The molecule has 6 nitrogen and oxygen atoms in total. The number of fused-ring (bicyclic) bond motifs is 3. The first-order valence-corrected chi connectivity index (χ1v) is 12.6. The molecule has 176 valence electrons. The number of amides is 1. The molecule has 0 saturated heterocycles. The van der Waals surface area contributed by atoms with Gasteiger partial charge in [-0.05, 0) is 60.9 Å². The molecule has 0 fully saturated rings. The number of aromatic amines is 1. The standard InChI is InChI=1S/C29H22N4O2S/c34-26(20-10-13-28-25(15-20)33-29(35)21-5-1-2-7-27(21)36-28)6-3-4-18-8-11-22(30-16-18)19-9-12-23-24(14-19)32-17-31-23/h1-2,5,7-17H,3-4,6H2,(H,31,32)(H,33,35). The van der Waals surface area contributed by atoms with Gasteiger partial charge in [-0.25, -0.2) is 4.98 Å². The first-order valence-electron chi connectivity index (χ1n) is 11.8. The van der Waals surface area contributed by atoms with E-state index in [9.17, 15) is 9.59 Å². The summed E-state index contributed by atoms with van der Waals surface area (Å²) in [6.07, 6.45) is 5.49. The van der Waals surface area contributed by atoms with Gasteiger partial charge in [-0.15, -0.1) is 0 Å². The molecule has 6 rings (SSSR count). The lowest BCUT2D eigenvalue weighted by Crippen LogP contribution is -2.12.